The SMILES string of the molecule is COC1CC(Nc2cnc(C)nc2)C1. The average Bonchev–Trinajstić information content (AvgIpc) is 2.13. The standard InChI is InChI=1S/C10H15N3O/c1-7-11-5-9(6-12-7)13-8-3-10(4-8)14-2/h5-6,8,10,13H,3-4H2,1-2H3. The highest BCUT2D eigenvalue weighted by Crippen LogP contribution is 2.25. The van der Waals surface area contributed by atoms with Crippen LogP contribution in [0.15, 0.2) is 12.4 Å². The Labute approximate surface area is 83.7 Å². The van der Waals surface area contributed by atoms with Crippen molar-refractivity contribution in [2.24, 2.45) is 0 Å². The number of aryl methyl sites for hydroxylation is 1. The first-order valence-corrected chi connectivity index (χ1v) is 4.86. The summed E-state index contributed by atoms with van der Waals surface area (Å²) >= 11 is 0. The molecule has 4 nitrogen and oxygen atoms in total. The van der Waals surface area contributed by atoms with Gasteiger partial charge in [-0.15, -0.1) is 0 Å². The van der Waals surface area contributed by atoms with E-state index in [-0.39, 0.29) is 0 Å². The van der Waals surface area contributed by atoms with Crippen molar-refractivity contribution in [3.05, 3.63) is 18.2 Å². The van der Waals surface area contributed by atoms with Crippen LogP contribution in [0.25, 0.3) is 0 Å². The van der Waals surface area contributed by atoms with E-state index in [0.717, 1.165) is 24.4 Å². The number of hydrogen-bond donors (Lipinski definition) is 1. The Morgan fingerprint density at radius 3 is 2.57 bits per heavy atom. The summed E-state index contributed by atoms with van der Waals surface area (Å²) in [7, 11) is 1.76. The second kappa shape index (κ2) is 3.92. The summed E-state index contributed by atoms with van der Waals surface area (Å²) < 4.78 is 5.20. The summed E-state index contributed by atoms with van der Waals surface area (Å²) in [4.78, 5) is 8.25. The molecule has 0 atom stereocenters. The smallest absolute Gasteiger partial charge is 0.125 e. The molecule has 0 bridgehead atoms. The van der Waals surface area contributed by atoms with Gasteiger partial charge in [0.1, 0.15) is 5.82 Å². The molecule has 0 aromatic carbocycles. The van der Waals surface area contributed by atoms with Crippen molar-refractivity contribution in [1.82, 2.24) is 9.97 Å². The van der Waals surface area contributed by atoms with Crippen molar-refractivity contribution >= 4 is 5.69 Å². The van der Waals surface area contributed by atoms with Crippen molar-refractivity contribution in [2.45, 2.75) is 31.9 Å². The van der Waals surface area contributed by atoms with Crippen LogP contribution in [0.5, 0.6) is 0 Å². The van der Waals surface area contributed by atoms with Crippen LogP contribution in [0.4, 0.5) is 5.69 Å². The molecule has 1 fully saturated rings. The van der Waals surface area contributed by atoms with Crippen LogP contribution in [0, 0.1) is 6.92 Å². The van der Waals surface area contributed by atoms with E-state index in [1.165, 1.54) is 0 Å². The van der Waals surface area contributed by atoms with E-state index >= 15 is 0 Å². The Bertz CT molecular complexity index is 293. The highest BCUT2D eigenvalue weighted by molar-refractivity contribution is 5.39. The molecule has 1 aliphatic carbocycles. The summed E-state index contributed by atoms with van der Waals surface area (Å²) in [5.41, 5.74) is 0.996. The molecule has 1 aliphatic rings. The van der Waals surface area contributed by atoms with Gasteiger partial charge < -0.3 is 10.1 Å². The third-order valence-corrected chi connectivity index (χ3v) is 2.58. The zero-order valence-corrected chi connectivity index (χ0v) is 8.53. The van der Waals surface area contributed by atoms with Gasteiger partial charge in [-0.2, -0.15) is 0 Å². The van der Waals surface area contributed by atoms with E-state index in [1.807, 2.05) is 19.3 Å². The van der Waals surface area contributed by atoms with Crippen LogP contribution in [-0.4, -0.2) is 29.2 Å². The normalized spacial score (nSPS) is 25.6. The quantitative estimate of drug-likeness (QED) is 0.787. The van der Waals surface area contributed by atoms with Crippen LogP contribution in [0.2, 0.25) is 0 Å². The monoisotopic (exact) mass is 193 g/mol. The van der Waals surface area contributed by atoms with Gasteiger partial charge in [0, 0.05) is 13.2 Å². The molecule has 0 aliphatic heterocycles. The molecule has 0 unspecified atom stereocenters. The van der Waals surface area contributed by atoms with Gasteiger partial charge in [0.15, 0.2) is 0 Å². The highest BCUT2D eigenvalue weighted by atomic mass is 16.5. The second-order valence-electron chi connectivity index (χ2n) is 3.69. The van der Waals surface area contributed by atoms with Gasteiger partial charge in [-0.05, 0) is 19.8 Å². The number of rotatable bonds is 3. The first kappa shape index (κ1) is 9.40. The van der Waals surface area contributed by atoms with Crippen LogP contribution < -0.4 is 5.32 Å². The molecule has 14 heavy (non-hydrogen) atoms. The van der Waals surface area contributed by atoms with Gasteiger partial charge in [0.25, 0.3) is 0 Å². The van der Waals surface area contributed by atoms with Crippen molar-refractivity contribution in [3.63, 3.8) is 0 Å². The highest BCUT2D eigenvalue weighted by Gasteiger charge is 2.28. The number of nitrogens with one attached hydrogen (secondary N) is 1. The number of hydrogen-bond acceptors (Lipinski definition) is 4. The fraction of sp³-hybridized carbons (Fsp3) is 0.600. The lowest BCUT2D eigenvalue weighted by Crippen LogP contribution is -2.40. The van der Waals surface area contributed by atoms with Gasteiger partial charge in [-0.3, -0.25) is 0 Å². The number of methoxy groups -OCH3 is 1. The van der Waals surface area contributed by atoms with Crippen molar-refractivity contribution in [1.29, 1.82) is 0 Å². The maximum atomic E-state index is 5.20. The molecule has 4 heteroatoms. The summed E-state index contributed by atoms with van der Waals surface area (Å²) in [6.45, 7) is 1.88. The average molecular weight is 193 g/mol. The van der Waals surface area contributed by atoms with E-state index < -0.39 is 0 Å². The van der Waals surface area contributed by atoms with Crippen molar-refractivity contribution in [2.75, 3.05) is 12.4 Å². The van der Waals surface area contributed by atoms with Crippen LogP contribution >= 0.6 is 0 Å². The molecular weight excluding hydrogens is 178 g/mol. The summed E-state index contributed by atoms with van der Waals surface area (Å²) in [6.07, 6.45) is 6.22. The minimum Gasteiger partial charge on any atom is -0.381 e. The molecule has 0 saturated heterocycles. The Balaban J connectivity index is 1.84. The predicted molar refractivity (Wildman–Crippen MR) is 54.2 cm³/mol. The van der Waals surface area contributed by atoms with Crippen molar-refractivity contribution < 1.29 is 4.74 Å². The molecular formula is C10H15N3O. The Kier molecular flexibility index (Phi) is 2.63. The third kappa shape index (κ3) is 2.01. The first-order valence-electron chi connectivity index (χ1n) is 4.86. The molecule has 0 radical (unpaired) electrons. The first-order chi connectivity index (χ1) is 6.78. The lowest BCUT2D eigenvalue weighted by molar-refractivity contribution is 0.0328. The molecule has 76 valence electrons. The number of anilines is 1. The number of aromatic nitrogens is 2. The molecule has 0 amide bonds. The molecule has 1 saturated carbocycles. The maximum absolute atomic E-state index is 5.20. The Hall–Kier alpha value is -1.16. The summed E-state index contributed by atoms with van der Waals surface area (Å²) in [6, 6.07) is 0.520. The van der Waals surface area contributed by atoms with Gasteiger partial charge in [-0.1, -0.05) is 0 Å². The molecule has 2 rings (SSSR count). The van der Waals surface area contributed by atoms with Crippen molar-refractivity contribution in [3.8, 4) is 0 Å². The number of ether oxygens (including phenoxy) is 1. The zero-order valence-electron chi connectivity index (χ0n) is 8.53. The van der Waals surface area contributed by atoms with Gasteiger partial charge >= 0.3 is 0 Å². The van der Waals surface area contributed by atoms with Gasteiger partial charge in [0.2, 0.25) is 0 Å². The third-order valence-electron chi connectivity index (χ3n) is 2.58. The Morgan fingerprint density at radius 2 is 2.00 bits per heavy atom. The summed E-state index contributed by atoms with van der Waals surface area (Å²) in [5, 5.41) is 3.36. The molecule has 1 N–H and O–H groups in total. The van der Waals surface area contributed by atoms with E-state index in [2.05, 4.69) is 15.3 Å². The lowest BCUT2D eigenvalue weighted by Gasteiger charge is -2.35. The van der Waals surface area contributed by atoms with Gasteiger partial charge in [-0.25, -0.2) is 9.97 Å². The second-order valence-corrected chi connectivity index (χ2v) is 3.69. The van der Waals surface area contributed by atoms with E-state index in [0.29, 0.717) is 12.1 Å². The van der Waals surface area contributed by atoms with E-state index in [1.54, 1.807) is 7.11 Å². The Morgan fingerprint density at radius 1 is 1.36 bits per heavy atom. The minimum atomic E-state index is 0.430. The molecule has 0 spiro atoms. The van der Waals surface area contributed by atoms with Crippen LogP contribution in [0.3, 0.4) is 0 Å². The lowest BCUT2D eigenvalue weighted by atomic mass is 9.89. The van der Waals surface area contributed by atoms with Crippen LogP contribution in [-0.2, 0) is 4.74 Å². The van der Waals surface area contributed by atoms with Gasteiger partial charge in [0.05, 0.1) is 24.2 Å². The topological polar surface area (TPSA) is 47.0 Å². The number of nitrogens with zero attached hydrogens (tertiary/aromatic N) is 2. The molecule has 1 heterocycles. The fourth-order valence-electron chi connectivity index (χ4n) is 1.58. The van der Waals surface area contributed by atoms with E-state index in [4.69, 9.17) is 4.74 Å². The largest absolute Gasteiger partial charge is 0.381 e. The summed E-state index contributed by atoms with van der Waals surface area (Å²) in [5.74, 6) is 0.805. The maximum Gasteiger partial charge on any atom is 0.125 e. The minimum absolute atomic E-state index is 0.430. The zero-order chi connectivity index (χ0) is 9.97. The predicted octanol–water partition coefficient (Wildman–Crippen LogP) is 1.37. The fourth-order valence-corrected chi connectivity index (χ4v) is 1.58. The molecule has 1 aromatic heterocycles. The van der Waals surface area contributed by atoms with E-state index in [9.17, 15) is 0 Å². The van der Waals surface area contributed by atoms with Crippen LogP contribution in [0.1, 0.15) is 18.7 Å². The molecule has 1 aromatic rings.